The van der Waals surface area contributed by atoms with Crippen LogP contribution >= 0.6 is 0 Å². The molecule has 3 fully saturated rings. The third-order valence-corrected chi connectivity index (χ3v) is 5.91. The van der Waals surface area contributed by atoms with Gasteiger partial charge >= 0.3 is 0 Å². The fourth-order valence-corrected chi connectivity index (χ4v) is 4.73. The average molecular weight is 279 g/mol. The van der Waals surface area contributed by atoms with Crippen LogP contribution in [0.2, 0.25) is 0 Å². The first-order valence-corrected chi connectivity index (χ1v) is 9.05. The molecule has 0 spiro atoms. The SMILES string of the molecule is CC(C)CNCC1(C2CCCCC2)CCOC1C1CC1. The highest BCUT2D eigenvalue weighted by Crippen LogP contribution is 2.54. The molecule has 116 valence electrons. The predicted molar refractivity (Wildman–Crippen MR) is 83.8 cm³/mol. The molecule has 2 saturated carbocycles. The van der Waals surface area contributed by atoms with Crippen LogP contribution < -0.4 is 5.32 Å². The summed E-state index contributed by atoms with van der Waals surface area (Å²) in [6.07, 6.45) is 12.0. The second kappa shape index (κ2) is 6.36. The van der Waals surface area contributed by atoms with Crippen molar-refractivity contribution in [2.75, 3.05) is 19.7 Å². The van der Waals surface area contributed by atoms with Crippen molar-refractivity contribution in [2.24, 2.45) is 23.2 Å². The zero-order valence-electron chi connectivity index (χ0n) is 13.5. The maximum atomic E-state index is 6.26. The summed E-state index contributed by atoms with van der Waals surface area (Å²) in [6.45, 7) is 8.00. The van der Waals surface area contributed by atoms with E-state index in [-0.39, 0.29) is 0 Å². The van der Waals surface area contributed by atoms with Gasteiger partial charge in [-0.3, -0.25) is 0 Å². The smallest absolute Gasteiger partial charge is 0.0675 e. The monoisotopic (exact) mass is 279 g/mol. The minimum absolute atomic E-state index is 0.469. The Bertz CT molecular complexity index is 307. The molecule has 1 N–H and O–H groups in total. The van der Waals surface area contributed by atoms with Crippen LogP contribution in [0.5, 0.6) is 0 Å². The molecule has 0 aromatic heterocycles. The van der Waals surface area contributed by atoms with Gasteiger partial charge in [-0.25, -0.2) is 0 Å². The van der Waals surface area contributed by atoms with E-state index in [9.17, 15) is 0 Å². The third-order valence-electron chi connectivity index (χ3n) is 5.91. The summed E-state index contributed by atoms with van der Waals surface area (Å²) in [5.41, 5.74) is 0.469. The van der Waals surface area contributed by atoms with E-state index in [0.717, 1.165) is 30.9 Å². The molecule has 0 aromatic rings. The van der Waals surface area contributed by atoms with E-state index in [1.807, 2.05) is 0 Å². The highest BCUT2D eigenvalue weighted by molar-refractivity contribution is 5.04. The van der Waals surface area contributed by atoms with Crippen molar-refractivity contribution in [1.82, 2.24) is 5.32 Å². The van der Waals surface area contributed by atoms with Crippen LogP contribution in [0, 0.1) is 23.2 Å². The van der Waals surface area contributed by atoms with Crippen molar-refractivity contribution in [3.63, 3.8) is 0 Å². The van der Waals surface area contributed by atoms with E-state index in [0.29, 0.717) is 11.5 Å². The van der Waals surface area contributed by atoms with Gasteiger partial charge in [-0.15, -0.1) is 0 Å². The fourth-order valence-electron chi connectivity index (χ4n) is 4.73. The number of rotatable bonds is 6. The van der Waals surface area contributed by atoms with E-state index in [1.165, 1.54) is 57.9 Å². The summed E-state index contributed by atoms with van der Waals surface area (Å²) in [5, 5.41) is 3.80. The first kappa shape index (κ1) is 14.8. The molecule has 2 heteroatoms. The molecule has 1 saturated heterocycles. The Hall–Kier alpha value is -0.0800. The minimum atomic E-state index is 0.469. The average Bonchev–Trinajstić information content (AvgIpc) is 3.20. The summed E-state index contributed by atoms with van der Waals surface area (Å²) in [7, 11) is 0. The standard InChI is InChI=1S/C18H33NO/c1-14(2)12-19-13-18(16-6-4-3-5-7-16)10-11-20-17(18)15-8-9-15/h14-17,19H,3-13H2,1-2H3. The van der Waals surface area contributed by atoms with Crippen molar-refractivity contribution < 1.29 is 4.74 Å². The Morgan fingerprint density at radius 2 is 1.85 bits per heavy atom. The molecule has 0 aromatic carbocycles. The van der Waals surface area contributed by atoms with Gasteiger partial charge < -0.3 is 10.1 Å². The molecule has 2 aliphatic carbocycles. The lowest BCUT2D eigenvalue weighted by Crippen LogP contribution is -2.48. The molecule has 2 nitrogen and oxygen atoms in total. The molecule has 2 atom stereocenters. The Kier molecular flexibility index (Phi) is 4.72. The van der Waals surface area contributed by atoms with E-state index in [1.54, 1.807) is 0 Å². The molecule has 20 heavy (non-hydrogen) atoms. The topological polar surface area (TPSA) is 21.3 Å². The van der Waals surface area contributed by atoms with Crippen molar-refractivity contribution in [3.05, 3.63) is 0 Å². The second-order valence-electron chi connectivity index (χ2n) is 7.97. The molecule has 2 unspecified atom stereocenters. The molecule has 0 radical (unpaired) electrons. The second-order valence-corrected chi connectivity index (χ2v) is 7.97. The van der Waals surface area contributed by atoms with Gasteiger partial charge in [0.25, 0.3) is 0 Å². The molecule has 0 bridgehead atoms. The Morgan fingerprint density at radius 1 is 1.10 bits per heavy atom. The van der Waals surface area contributed by atoms with Gasteiger partial charge in [0, 0.05) is 18.6 Å². The van der Waals surface area contributed by atoms with Crippen LogP contribution in [0.4, 0.5) is 0 Å². The lowest BCUT2D eigenvalue weighted by Gasteiger charge is -2.43. The summed E-state index contributed by atoms with van der Waals surface area (Å²) >= 11 is 0. The molecular weight excluding hydrogens is 246 g/mol. The summed E-state index contributed by atoms with van der Waals surface area (Å²) in [5.74, 6) is 2.56. The van der Waals surface area contributed by atoms with Gasteiger partial charge in [0.15, 0.2) is 0 Å². The Balaban J connectivity index is 1.70. The van der Waals surface area contributed by atoms with Crippen LogP contribution in [0.25, 0.3) is 0 Å². The summed E-state index contributed by atoms with van der Waals surface area (Å²) < 4.78 is 6.26. The molecule has 3 aliphatic rings. The first-order valence-electron chi connectivity index (χ1n) is 9.05. The van der Waals surface area contributed by atoms with Crippen LogP contribution in [0.1, 0.15) is 65.2 Å². The zero-order valence-corrected chi connectivity index (χ0v) is 13.5. The van der Waals surface area contributed by atoms with E-state index < -0.39 is 0 Å². The van der Waals surface area contributed by atoms with E-state index >= 15 is 0 Å². The number of hydrogen-bond donors (Lipinski definition) is 1. The Labute approximate surface area is 125 Å². The maximum absolute atomic E-state index is 6.26. The van der Waals surface area contributed by atoms with Gasteiger partial charge in [0.05, 0.1) is 6.10 Å². The lowest BCUT2D eigenvalue weighted by molar-refractivity contribution is -0.0114. The minimum Gasteiger partial charge on any atom is -0.377 e. The largest absolute Gasteiger partial charge is 0.377 e. The normalized spacial score (nSPS) is 35.9. The summed E-state index contributed by atoms with van der Waals surface area (Å²) in [4.78, 5) is 0. The van der Waals surface area contributed by atoms with Crippen molar-refractivity contribution in [3.8, 4) is 0 Å². The van der Waals surface area contributed by atoms with Crippen LogP contribution in [0.15, 0.2) is 0 Å². The number of ether oxygens (including phenoxy) is 1. The molecule has 3 rings (SSSR count). The van der Waals surface area contributed by atoms with Gasteiger partial charge in [0.2, 0.25) is 0 Å². The molecular formula is C18H33NO. The van der Waals surface area contributed by atoms with Crippen molar-refractivity contribution in [1.29, 1.82) is 0 Å². The number of nitrogens with one attached hydrogen (secondary N) is 1. The van der Waals surface area contributed by atoms with Crippen LogP contribution in [-0.4, -0.2) is 25.8 Å². The fraction of sp³-hybridized carbons (Fsp3) is 1.00. The first-order chi connectivity index (χ1) is 9.72. The lowest BCUT2D eigenvalue weighted by atomic mass is 9.64. The molecule has 1 heterocycles. The highest BCUT2D eigenvalue weighted by Gasteiger charge is 2.54. The van der Waals surface area contributed by atoms with Gasteiger partial charge in [-0.1, -0.05) is 33.1 Å². The van der Waals surface area contributed by atoms with Crippen molar-refractivity contribution >= 4 is 0 Å². The number of hydrogen-bond acceptors (Lipinski definition) is 2. The van der Waals surface area contributed by atoms with Gasteiger partial charge in [-0.05, 0) is 56.4 Å². The van der Waals surface area contributed by atoms with E-state index in [4.69, 9.17) is 4.74 Å². The summed E-state index contributed by atoms with van der Waals surface area (Å²) in [6, 6.07) is 0. The van der Waals surface area contributed by atoms with Gasteiger partial charge in [0.1, 0.15) is 0 Å². The van der Waals surface area contributed by atoms with Crippen LogP contribution in [0.3, 0.4) is 0 Å². The predicted octanol–water partition coefficient (Wildman–Crippen LogP) is 4.00. The van der Waals surface area contributed by atoms with Crippen molar-refractivity contribution in [2.45, 2.75) is 71.3 Å². The maximum Gasteiger partial charge on any atom is 0.0675 e. The highest BCUT2D eigenvalue weighted by atomic mass is 16.5. The zero-order chi connectivity index (χ0) is 14.0. The van der Waals surface area contributed by atoms with E-state index in [2.05, 4.69) is 19.2 Å². The third kappa shape index (κ3) is 3.06. The van der Waals surface area contributed by atoms with Crippen LogP contribution in [-0.2, 0) is 4.74 Å². The van der Waals surface area contributed by atoms with Gasteiger partial charge in [-0.2, -0.15) is 0 Å². The quantitative estimate of drug-likeness (QED) is 0.793. The molecule has 1 aliphatic heterocycles. The Morgan fingerprint density at radius 3 is 2.50 bits per heavy atom. The molecule has 0 amide bonds.